The van der Waals surface area contributed by atoms with Gasteiger partial charge in [0.15, 0.2) is 0 Å². The largest absolute Gasteiger partial charge is 0.346 e. The van der Waals surface area contributed by atoms with E-state index in [1.807, 2.05) is 12.4 Å². The molecule has 2 aliphatic carbocycles. The summed E-state index contributed by atoms with van der Waals surface area (Å²) in [6, 6.07) is 2.73. The number of imidazole rings is 1. The number of hydrogen-bond acceptors (Lipinski definition) is 2. The summed E-state index contributed by atoms with van der Waals surface area (Å²) in [7, 11) is 0. The lowest BCUT2D eigenvalue weighted by Crippen LogP contribution is -2.37. The molecule has 0 aromatic carbocycles. The quantitative estimate of drug-likeness (QED) is 0.820. The van der Waals surface area contributed by atoms with Crippen LogP contribution in [0.15, 0.2) is 47.4 Å². The zero-order valence-corrected chi connectivity index (χ0v) is 15.9. The predicted molar refractivity (Wildman–Crippen MR) is 111 cm³/mol. The molecule has 138 valence electrons. The summed E-state index contributed by atoms with van der Waals surface area (Å²) < 4.78 is 2.48. The molecule has 1 N–H and O–H groups in total. The average Bonchev–Trinajstić information content (AvgIpc) is 3.36. The molecule has 1 fully saturated rings. The first-order valence-electron chi connectivity index (χ1n) is 10.2. The van der Waals surface area contributed by atoms with Crippen LogP contribution in [0.5, 0.6) is 0 Å². The maximum Gasteiger partial charge on any atom is 0.137 e. The number of allylic oxidation sites excluding steroid dienone is 4. The van der Waals surface area contributed by atoms with Gasteiger partial charge < -0.3 is 9.55 Å². The van der Waals surface area contributed by atoms with Crippen molar-refractivity contribution in [3.63, 3.8) is 0 Å². The van der Waals surface area contributed by atoms with Gasteiger partial charge in [0, 0.05) is 30.4 Å². The average molecular weight is 358 g/mol. The number of aromatic nitrogens is 3. The van der Waals surface area contributed by atoms with Crippen LogP contribution in [0.4, 0.5) is 5.82 Å². The van der Waals surface area contributed by atoms with E-state index in [9.17, 15) is 0 Å². The molecule has 0 saturated heterocycles. The lowest BCUT2D eigenvalue weighted by Gasteiger charge is -2.24. The fraction of sp³-hybridized carbons (Fsp3) is 0.391. The van der Waals surface area contributed by atoms with E-state index in [1.165, 1.54) is 59.7 Å². The first-order chi connectivity index (χ1) is 13.3. The van der Waals surface area contributed by atoms with Crippen molar-refractivity contribution in [1.82, 2.24) is 14.5 Å². The molecule has 1 saturated carbocycles. The Morgan fingerprint density at radius 2 is 2.00 bits per heavy atom. The maximum absolute atomic E-state index is 4.94. The summed E-state index contributed by atoms with van der Waals surface area (Å²) >= 11 is 0. The van der Waals surface area contributed by atoms with Crippen LogP contribution in [0.3, 0.4) is 0 Å². The van der Waals surface area contributed by atoms with Crippen molar-refractivity contribution in [3.05, 3.63) is 58.7 Å². The number of hydrogen-bond donors (Lipinski definition) is 1. The molecule has 0 amide bonds. The van der Waals surface area contributed by atoms with Crippen molar-refractivity contribution < 1.29 is 0 Å². The van der Waals surface area contributed by atoms with Crippen LogP contribution >= 0.6 is 0 Å². The summed E-state index contributed by atoms with van der Waals surface area (Å²) in [4.78, 5) is 12.8. The normalized spacial score (nSPS) is 24.1. The third-order valence-electron chi connectivity index (χ3n) is 6.11. The van der Waals surface area contributed by atoms with Gasteiger partial charge in [0.1, 0.15) is 5.82 Å². The number of fused-ring (bicyclic) bond motifs is 1. The molecule has 4 nitrogen and oxygen atoms in total. The smallest absolute Gasteiger partial charge is 0.137 e. The van der Waals surface area contributed by atoms with Gasteiger partial charge in [-0.2, -0.15) is 0 Å². The topological polar surface area (TPSA) is 46.0 Å². The van der Waals surface area contributed by atoms with Gasteiger partial charge in [0.2, 0.25) is 0 Å². The molecule has 3 aliphatic rings. The number of nitrogens with one attached hydrogen (secondary N) is 1. The lowest BCUT2D eigenvalue weighted by atomic mass is 9.94. The summed E-state index contributed by atoms with van der Waals surface area (Å²) in [5.41, 5.74) is 5.23. The summed E-state index contributed by atoms with van der Waals surface area (Å²) in [6.45, 7) is 2.16. The van der Waals surface area contributed by atoms with Gasteiger partial charge in [-0.25, -0.2) is 9.98 Å². The molecule has 27 heavy (non-hydrogen) atoms. The second-order valence-electron chi connectivity index (χ2n) is 7.89. The second-order valence-corrected chi connectivity index (χ2v) is 7.89. The van der Waals surface area contributed by atoms with Crippen LogP contribution < -0.4 is 10.7 Å². The van der Waals surface area contributed by atoms with Crippen molar-refractivity contribution in [3.8, 4) is 0 Å². The van der Waals surface area contributed by atoms with Crippen LogP contribution in [0.25, 0.3) is 11.1 Å². The minimum absolute atomic E-state index is 0.564. The van der Waals surface area contributed by atoms with Crippen molar-refractivity contribution in [2.45, 2.75) is 57.9 Å². The van der Waals surface area contributed by atoms with Crippen LogP contribution in [0, 0.1) is 0 Å². The van der Waals surface area contributed by atoms with Gasteiger partial charge in [-0.1, -0.05) is 43.1 Å². The number of aromatic amines is 1. The highest BCUT2D eigenvalue weighted by Gasteiger charge is 2.21. The number of aliphatic imine (C=N–C) groups is 1. The monoisotopic (exact) mass is 358 g/mol. The van der Waals surface area contributed by atoms with Crippen LogP contribution in [-0.4, -0.2) is 20.7 Å². The fourth-order valence-electron chi connectivity index (χ4n) is 4.62. The zero-order valence-electron chi connectivity index (χ0n) is 15.9. The fourth-order valence-corrected chi connectivity index (χ4v) is 4.62. The zero-order chi connectivity index (χ0) is 18.2. The number of nitrogens with zero attached hydrogens (tertiary/aromatic N) is 3. The van der Waals surface area contributed by atoms with Gasteiger partial charge in [-0.3, -0.25) is 0 Å². The Hall–Kier alpha value is -2.62. The SMILES string of the molecule is CC1=CCC(=c2ncn(C3CCCCC3)c2=C2CC=Nc3[nH]ccc32)C=C1. The standard InChI is InChI=1S/C23H26N4/c1-16-7-9-17(10-8-16)21-22(19-11-13-24-23-20(19)12-14-25-23)27(15-26-21)18-5-3-2-4-6-18/h7-9,12-15,18,25H,2-6,10-11H2,1H3. The highest BCUT2D eigenvalue weighted by Crippen LogP contribution is 2.30. The van der Waals surface area contributed by atoms with E-state index in [0.717, 1.165) is 24.0 Å². The first-order valence-corrected chi connectivity index (χ1v) is 10.2. The van der Waals surface area contributed by atoms with E-state index < -0.39 is 0 Å². The van der Waals surface area contributed by atoms with Crippen LogP contribution in [-0.2, 0) is 0 Å². The van der Waals surface area contributed by atoms with Gasteiger partial charge >= 0.3 is 0 Å². The minimum atomic E-state index is 0.564. The molecule has 2 aromatic heterocycles. The molecular weight excluding hydrogens is 332 g/mol. The molecule has 0 radical (unpaired) electrons. The molecule has 0 spiro atoms. The number of H-pyrrole nitrogens is 1. The van der Waals surface area contributed by atoms with Crippen molar-refractivity contribution in [2.24, 2.45) is 4.99 Å². The molecular formula is C23H26N4. The maximum atomic E-state index is 4.94. The van der Waals surface area contributed by atoms with Crippen molar-refractivity contribution >= 4 is 23.2 Å². The Bertz CT molecular complexity index is 1070. The van der Waals surface area contributed by atoms with Gasteiger partial charge in [0.05, 0.1) is 17.0 Å². The van der Waals surface area contributed by atoms with Gasteiger partial charge in [0.25, 0.3) is 0 Å². The molecule has 4 heteroatoms. The van der Waals surface area contributed by atoms with E-state index >= 15 is 0 Å². The molecule has 2 aromatic rings. The predicted octanol–water partition coefficient (Wildman–Crippen LogP) is 4.08. The van der Waals surface area contributed by atoms with Crippen LogP contribution in [0.1, 0.15) is 63.5 Å². The summed E-state index contributed by atoms with van der Waals surface area (Å²) in [5.74, 6) is 0.971. The molecule has 3 heterocycles. The number of rotatable bonds is 1. The Kier molecular flexibility index (Phi) is 4.19. The first kappa shape index (κ1) is 16.5. The lowest BCUT2D eigenvalue weighted by molar-refractivity contribution is 0.348. The molecule has 0 bridgehead atoms. The van der Waals surface area contributed by atoms with E-state index in [2.05, 4.69) is 52.1 Å². The second kappa shape index (κ2) is 6.84. The Morgan fingerprint density at radius 1 is 1.11 bits per heavy atom. The van der Waals surface area contributed by atoms with E-state index in [4.69, 9.17) is 4.98 Å². The Labute approximate surface area is 159 Å². The van der Waals surface area contributed by atoms with Gasteiger partial charge in [-0.05, 0) is 43.4 Å². The van der Waals surface area contributed by atoms with E-state index in [0.29, 0.717) is 6.04 Å². The Balaban J connectivity index is 1.79. The van der Waals surface area contributed by atoms with Crippen molar-refractivity contribution in [1.29, 1.82) is 0 Å². The molecule has 5 rings (SSSR count). The highest BCUT2D eigenvalue weighted by molar-refractivity contribution is 5.88. The third kappa shape index (κ3) is 2.93. The van der Waals surface area contributed by atoms with Gasteiger partial charge in [-0.15, -0.1) is 0 Å². The summed E-state index contributed by atoms with van der Waals surface area (Å²) in [5, 5.41) is 2.46. The van der Waals surface area contributed by atoms with Crippen molar-refractivity contribution in [2.75, 3.05) is 0 Å². The minimum Gasteiger partial charge on any atom is -0.346 e. The van der Waals surface area contributed by atoms with E-state index in [1.54, 1.807) is 0 Å². The van der Waals surface area contributed by atoms with Crippen LogP contribution in [0.2, 0.25) is 0 Å². The molecule has 0 unspecified atom stereocenters. The Morgan fingerprint density at radius 3 is 2.81 bits per heavy atom. The summed E-state index contributed by atoms with van der Waals surface area (Å²) in [6.07, 6.45) is 21.2. The molecule has 1 aliphatic heterocycles. The van der Waals surface area contributed by atoms with E-state index in [-0.39, 0.29) is 0 Å². The molecule has 0 atom stereocenters. The highest BCUT2D eigenvalue weighted by atomic mass is 15.1. The third-order valence-corrected chi connectivity index (χ3v) is 6.11.